The van der Waals surface area contributed by atoms with Gasteiger partial charge in [0.1, 0.15) is 17.3 Å². The second-order valence-electron chi connectivity index (χ2n) is 8.68. The third-order valence-corrected chi connectivity index (χ3v) is 6.48. The van der Waals surface area contributed by atoms with Crippen LogP contribution in [-0.2, 0) is 14.4 Å². The van der Waals surface area contributed by atoms with E-state index < -0.39 is 29.5 Å². The molecule has 1 heterocycles. The minimum absolute atomic E-state index is 0.140. The molecule has 0 bridgehead atoms. The molecule has 1 aliphatic heterocycles. The van der Waals surface area contributed by atoms with Crippen molar-refractivity contribution >= 4 is 40.7 Å². The summed E-state index contributed by atoms with van der Waals surface area (Å²) in [4.78, 5) is 39.8. The summed E-state index contributed by atoms with van der Waals surface area (Å²) in [6.45, 7) is 7.34. The van der Waals surface area contributed by atoms with E-state index in [4.69, 9.17) is 21.1 Å². The van der Waals surface area contributed by atoms with Gasteiger partial charge in [-0.15, -0.1) is 0 Å². The van der Waals surface area contributed by atoms with Crippen molar-refractivity contribution in [1.82, 2.24) is 0 Å². The van der Waals surface area contributed by atoms with Crippen LogP contribution in [0.1, 0.15) is 42.1 Å². The fraction of sp³-hybridized carbons (Fsp3) is 0.207. The number of benzene rings is 3. The van der Waals surface area contributed by atoms with Crippen molar-refractivity contribution in [2.45, 2.75) is 33.7 Å². The summed E-state index contributed by atoms with van der Waals surface area (Å²) in [5, 5.41) is 11.6. The van der Waals surface area contributed by atoms with Crippen molar-refractivity contribution < 1.29 is 29.0 Å². The number of ether oxygens (including phenoxy) is 2. The Morgan fingerprint density at radius 3 is 2.43 bits per heavy atom. The number of carbonyl (C=O) groups excluding carboxylic acids is 3. The Morgan fingerprint density at radius 1 is 1.00 bits per heavy atom. The average Bonchev–Trinajstić information content (AvgIpc) is 3.12. The number of aryl methyl sites for hydroxylation is 2. The van der Waals surface area contributed by atoms with Gasteiger partial charge in [-0.3, -0.25) is 19.3 Å². The first-order chi connectivity index (χ1) is 17.6. The van der Waals surface area contributed by atoms with Gasteiger partial charge in [-0.25, -0.2) is 0 Å². The number of amides is 1. The summed E-state index contributed by atoms with van der Waals surface area (Å²) in [6, 6.07) is 15.6. The molecule has 0 aliphatic carbocycles. The lowest BCUT2D eigenvalue weighted by Gasteiger charge is -2.26. The number of aliphatic hydroxyl groups excluding tert-OH is 1. The normalized spacial score (nSPS) is 16.7. The van der Waals surface area contributed by atoms with Crippen LogP contribution >= 0.6 is 11.6 Å². The van der Waals surface area contributed by atoms with Gasteiger partial charge in [0.05, 0.1) is 23.2 Å². The summed E-state index contributed by atoms with van der Waals surface area (Å²) in [7, 11) is 0. The largest absolute Gasteiger partial charge is 0.507 e. The summed E-state index contributed by atoms with van der Waals surface area (Å²) in [6.07, 6.45) is 0. The van der Waals surface area contributed by atoms with Crippen LogP contribution in [0, 0.1) is 13.8 Å². The first-order valence-electron chi connectivity index (χ1n) is 11.7. The van der Waals surface area contributed by atoms with E-state index in [1.807, 2.05) is 32.9 Å². The Morgan fingerprint density at radius 2 is 1.76 bits per heavy atom. The molecular formula is C29H26ClNO6. The molecule has 3 aromatic carbocycles. The standard InChI is InChI=1S/C29H26ClNO6/c1-5-36-21-11-12-24(30)23(15-21)27(33)25-26(19-7-6-8-22(14-19)37-18(4)32)31(29(35)28(25)34)20-10-9-16(2)17(3)13-20/h6-15,26,33H,5H2,1-4H3/b27-25+. The van der Waals surface area contributed by atoms with E-state index in [1.165, 1.54) is 17.9 Å². The highest BCUT2D eigenvalue weighted by molar-refractivity contribution is 6.52. The molecule has 1 saturated heterocycles. The molecule has 3 aromatic rings. The summed E-state index contributed by atoms with van der Waals surface area (Å²) < 4.78 is 10.8. The third kappa shape index (κ3) is 5.08. The first-order valence-corrected chi connectivity index (χ1v) is 12.1. The molecular weight excluding hydrogens is 494 g/mol. The van der Waals surface area contributed by atoms with Gasteiger partial charge >= 0.3 is 5.97 Å². The molecule has 4 rings (SSSR count). The van der Waals surface area contributed by atoms with Crippen molar-refractivity contribution in [1.29, 1.82) is 0 Å². The molecule has 0 aromatic heterocycles. The molecule has 37 heavy (non-hydrogen) atoms. The SMILES string of the molecule is CCOc1ccc(Cl)c(/C(O)=C2\C(=O)C(=O)N(c3ccc(C)c(C)c3)C2c2cccc(OC(C)=O)c2)c1. The van der Waals surface area contributed by atoms with E-state index in [0.717, 1.165) is 11.1 Å². The molecule has 190 valence electrons. The molecule has 0 spiro atoms. The fourth-order valence-electron chi connectivity index (χ4n) is 4.29. The number of nitrogens with zero attached hydrogens (tertiary/aromatic N) is 1. The average molecular weight is 520 g/mol. The lowest BCUT2D eigenvalue weighted by Crippen LogP contribution is -2.29. The fourth-order valence-corrected chi connectivity index (χ4v) is 4.50. The van der Waals surface area contributed by atoms with E-state index >= 15 is 0 Å². The Kier molecular flexibility index (Phi) is 7.36. The van der Waals surface area contributed by atoms with Crippen LogP contribution in [0.2, 0.25) is 5.02 Å². The minimum Gasteiger partial charge on any atom is -0.507 e. The maximum Gasteiger partial charge on any atom is 0.308 e. The second kappa shape index (κ2) is 10.5. The molecule has 1 amide bonds. The van der Waals surface area contributed by atoms with Gasteiger partial charge in [-0.05, 0) is 79.9 Å². The smallest absolute Gasteiger partial charge is 0.308 e. The molecule has 7 nitrogen and oxygen atoms in total. The Balaban J connectivity index is 1.97. The van der Waals surface area contributed by atoms with Crippen LogP contribution in [0.3, 0.4) is 0 Å². The van der Waals surface area contributed by atoms with Crippen molar-refractivity contribution in [3.05, 3.63) is 93.5 Å². The number of ketones is 1. The highest BCUT2D eigenvalue weighted by atomic mass is 35.5. The van der Waals surface area contributed by atoms with E-state index in [9.17, 15) is 19.5 Å². The highest BCUT2D eigenvalue weighted by Crippen LogP contribution is 2.44. The van der Waals surface area contributed by atoms with Gasteiger partial charge in [-0.2, -0.15) is 0 Å². The predicted octanol–water partition coefficient (Wildman–Crippen LogP) is 5.91. The zero-order valence-electron chi connectivity index (χ0n) is 20.9. The zero-order chi connectivity index (χ0) is 26.9. The second-order valence-corrected chi connectivity index (χ2v) is 9.09. The monoisotopic (exact) mass is 519 g/mol. The van der Waals surface area contributed by atoms with Gasteiger partial charge in [0.15, 0.2) is 0 Å². The molecule has 0 saturated carbocycles. The first kappa shape index (κ1) is 26.0. The van der Waals surface area contributed by atoms with Gasteiger partial charge < -0.3 is 14.6 Å². The minimum atomic E-state index is -1.01. The molecule has 1 atom stereocenters. The molecule has 1 aliphatic rings. The van der Waals surface area contributed by atoms with Crippen LogP contribution in [-0.4, -0.2) is 29.4 Å². The van der Waals surface area contributed by atoms with E-state index in [0.29, 0.717) is 23.6 Å². The van der Waals surface area contributed by atoms with Gasteiger partial charge in [0, 0.05) is 18.2 Å². The Bertz CT molecular complexity index is 1440. The number of hydrogen-bond acceptors (Lipinski definition) is 6. The van der Waals surface area contributed by atoms with Gasteiger partial charge in [0.25, 0.3) is 11.7 Å². The van der Waals surface area contributed by atoms with Crippen LogP contribution < -0.4 is 14.4 Å². The van der Waals surface area contributed by atoms with Crippen LogP contribution in [0.4, 0.5) is 5.69 Å². The third-order valence-electron chi connectivity index (χ3n) is 6.15. The van der Waals surface area contributed by atoms with Crippen LogP contribution in [0.25, 0.3) is 5.76 Å². The quantitative estimate of drug-likeness (QED) is 0.143. The highest BCUT2D eigenvalue weighted by Gasteiger charge is 2.47. The number of rotatable bonds is 6. The van der Waals surface area contributed by atoms with E-state index in [1.54, 1.807) is 42.5 Å². The van der Waals surface area contributed by atoms with E-state index in [2.05, 4.69) is 0 Å². The van der Waals surface area contributed by atoms with Gasteiger partial charge in [-0.1, -0.05) is 29.8 Å². The number of carbonyl (C=O) groups is 3. The van der Waals surface area contributed by atoms with Crippen molar-refractivity contribution in [2.75, 3.05) is 11.5 Å². The van der Waals surface area contributed by atoms with Crippen molar-refractivity contribution in [3.63, 3.8) is 0 Å². The van der Waals surface area contributed by atoms with Crippen molar-refractivity contribution in [2.24, 2.45) is 0 Å². The maximum atomic E-state index is 13.5. The van der Waals surface area contributed by atoms with Gasteiger partial charge in [0.2, 0.25) is 0 Å². The number of aliphatic hydroxyl groups is 1. The number of halogens is 1. The lowest BCUT2D eigenvalue weighted by atomic mass is 9.94. The Labute approximate surface area is 219 Å². The molecule has 8 heteroatoms. The molecule has 0 radical (unpaired) electrons. The maximum absolute atomic E-state index is 13.5. The number of anilines is 1. The zero-order valence-corrected chi connectivity index (χ0v) is 21.6. The summed E-state index contributed by atoms with van der Waals surface area (Å²) in [5.74, 6) is -1.92. The topological polar surface area (TPSA) is 93.1 Å². The lowest BCUT2D eigenvalue weighted by molar-refractivity contribution is -0.132. The molecule has 1 fully saturated rings. The Hall–Kier alpha value is -4.10. The molecule has 1 N–H and O–H groups in total. The van der Waals surface area contributed by atoms with E-state index in [-0.39, 0.29) is 21.9 Å². The summed E-state index contributed by atoms with van der Waals surface area (Å²) >= 11 is 6.40. The number of hydrogen-bond donors (Lipinski definition) is 1. The van der Waals surface area contributed by atoms with Crippen LogP contribution in [0.5, 0.6) is 11.5 Å². The number of Topliss-reactive ketones (excluding diaryl/α,β-unsaturated/α-hetero) is 1. The van der Waals surface area contributed by atoms with Crippen molar-refractivity contribution in [3.8, 4) is 11.5 Å². The predicted molar refractivity (Wildman–Crippen MR) is 141 cm³/mol. The number of esters is 1. The van der Waals surface area contributed by atoms with Crippen LogP contribution in [0.15, 0.2) is 66.2 Å². The summed E-state index contributed by atoms with van der Waals surface area (Å²) in [5.41, 5.74) is 2.93. The molecule has 1 unspecified atom stereocenters.